The Morgan fingerprint density at radius 3 is 2.67 bits per heavy atom. The molecule has 0 saturated carbocycles. The van der Waals surface area contributed by atoms with Crippen LogP contribution in [-0.4, -0.2) is 23.9 Å². The fraction of sp³-hybridized carbons (Fsp3) is 0.385. The fourth-order valence-corrected chi connectivity index (χ4v) is 1.78. The van der Waals surface area contributed by atoms with Crippen molar-refractivity contribution in [2.24, 2.45) is 0 Å². The second kappa shape index (κ2) is 6.63. The number of amides is 1. The summed E-state index contributed by atoms with van der Waals surface area (Å²) in [5, 5.41) is 9.51. The standard InChI is InChI=1S/C13H14Cl2N2O/c1-9(5-6-16)17(2)13(18)8-10-3-4-11(14)12(15)7-10/h3-4,7,9H,5,8H2,1-2H3. The molecule has 0 bridgehead atoms. The molecule has 5 heteroatoms. The molecule has 0 radical (unpaired) electrons. The van der Waals surface area contributed by atoms with Crippen LogP contribution in [0.2, 0.25) is 10.0 Å². The van der Waals surface area contributed by atoms with Gasteiger partial charge in [-0.25, -0.2) is 0 Å². The summed E-state index contributed by atoms with van der Waals surface area (Å²) in [5.74, 6) is -0.0452. The zero-order chi connectivity index (χ0) is 13.7. The lowest BCUT2D eigenvalue weighted by Gasteiger charge is -2.23. The molecular weight excluding hydrogens is 271 g/mol. The Morgan fingerprint density at radius 2 is 2.11 bits per heavy atom. The minimum Gasteiger partial charge on any atom is -0.342 e. The van der Waals surface area contributed by atoms with E-state index in [-0.39, 0.29) is 18.4 Å². The molecule has 0 aromatic heterocycles. The van der Waals surface area contributed by atoms with E-state index in [0.717, 1.165) is 5.56 Å². The van der Waals surface area contributed by atoms with Gasteiger partial charge in [0.2, 0.25) is 5.91 Å². The van der Waals surface area contributed by atoms with Gasteiger partial charge >= 0.3 is 0 Å². The summed E-state index contributed by atoms with van der Waals surface area (Å²) in [6, 6.07) is 7.09. The monoisotopic (exact) mass is 284 g/mol. The molecule has 0 fully saturated rings. The molecule has 0 aliphatic carbocycles. The second-order valence-corrected chi connectivity index (χ2v) is 4.96. The molecule has 0 aliphatic rings. The quantitative estimate of drug-likeness (QED) is 0.852. The van der Waals surface area contributed by atoms with Gasteiger partial charge in [-0.2, -0.15) is 5.26 Å². The highest BCUT2D eigenvalue weighted by Crippen LogP contribution is 2.23. The summed E-state index contributed by atoms with van der Waals surface area (Å²) in [6.07, 6.45) is 0.576. The minimum absolute atomic E-state index is 0.0452. The molecule has 0 saturated heterocycles. The van der Waals surface area contributed by atoms with E-state index in [1.807, 2.05) is 6.92 Å². The Balaban J connectivity index is 2.70. The van der Waals surface area contributed by atoms with Crippen LogP contribution in [-0.2, 0) is 11.2 Å². The van der Waals surface area contributed by atoms with Gasteiger partial charge in [-0.15, -0.1) is 0 Å². The normalized spacial score (nSPS) is 11.7. The van der Waals surface area contributed by atoms with E-state index in [2.05, 4.69) is 6.07 Å². The molecule has 0 heterocycles. The second-order valence-electron chi connectivity index (χ2n) is 4.14. The number of carbonyl (C=O) groups is 1. The van der Waals surface area contributed by atoms with Crippen molar-refractivity contribution < 1.29 is 4.79 Å². The molecule has 96 valence electrons. The fourth-order valence-electron chi connectivity index (χ4n) is 1.46. The summed E-state index contributed by atoms with van der Waals surface area (Å²) < 4.78 is 0. The predicted octanol–water partition coefficient (Wildman–Crippen LogP) is 3.30. The zero-order valence-electron chi connectivity index (χ0n) is 10.3. The number of hydrogen-bond acceptors (Lipinski definition) is 2. The lowest BCUT2D eigenvalue weighted by atomic mass is 10.1. The van der Waals surface area contributed by atoms with Crippen LogP contribution in [0.25, 0.3) is 0 Å². The van der Waals surface area contributed by atoms with Crippen LogP contribution < -0.4 is 0 Å². The van der Waals surface area contributed by atoms with Gasteiger partial charge < -0.3 is 4.90 Å². The highest BCUT2D eigenvalue weighted by molar-refractivity contribution is 6.42. The first kappa shape index (κ1) is 14.8. The Kier molecular flexibility index (Phi) is 5.46. The SMILES string of the molecule is CC(CC#N)N(C)C(=O)Cc1ccc(Cl)c(Cl)c1. The molecule has 0 N–H and O–H groups in total. The van der Waals surface area contributed by atoms with E-state index in [1.165, 1.54) is 0 Å². The first-order valence-corrected chi connectivity index (χ1v) is 6.27. The van der Waals surface area contributed by atoms with Gasteiger partial charge in [0.15, 0.2) is 0 Å². The van der Waals surface area contributed by atoms with E-state index >= 15 is 0 Å². The largest absolute Gasteiger partial charge is 0.342 e. The molecule has 0 spiro atoms. The Morgan fingerprint density at radius 1 is 1.44 bits per heavy atom. The van der Waals surface area contributed by atoms with Gasteiger partial charge in [0, 0.05) is 13.1 Å². The number of rotatable bonds is 4. The number of carbonyl (C=O) groups excluding carboxylic acids is 1. The van der Waals surface area contributed by atoms with Crippen molar-refractivity contribution in [3.8, 4) is 6.07 Å². The maximum absolute atomic E-state index is 12.0. The molecule has 1 aromatic rings. The van der Waals surface area contributed by atoms with Gasteiger partial charge in [-0.3, -0.25) is 4.79 Å². The summed E-state index contributed by atoms with van der Waals surface area (Å²) >= 11 is 11.7. The van der Waals surface area contributed by atoms with Crippen LogP contribution in [0.1, 0.15) is 18.9 Å². The minimum atomic E-state index is -0.0923. The lowest BCUT2D eigenvalue weighted by Crippen LogP contribution is -2.35. The van der Waals surface area contributed by atoms with Crippen molar-refractivity contribution in [3.05, 3.63) is 33.8 Å². The molecule has 18 heavy (non-hydrogen) atoms. The number of likely N-dealkylation sites (N-methyl/N-ethyl adjacent to an activating group) is 1. The van der Waals surface area contributed by atoms with E-state index < -0.39 is 0 Å². The molecule has 1 amide bonds. The maximum atomic E-state index is 12.0. The number of nitrogens with zero attached hydrogens (tertiary/aromatic N) is 2. The topological polar surface area (TPSA) is 44.1 Å². The summed E-state index contributed by atoms with van der Waals surface area (Å²) in [6.45, 7) is 1.84. The highest BCUT2D eigenvalue weighted by atomic mass is 35.5. The molecule has 1 aromatic carbocycles. The first-order chi connectivity index (χ1) is 8.45. The van der Waals surface area contributed by atoms with E-state index in [9.17, 15) is 4.79 Å². The smallest absolute Gasteiger partial charge is 0.227 e. The molecule has 0 aliphatic heterocycles. The summed E-state index contributed by atoms with van der Waals surface area (Å²) in [7, 11) is 1.70. The zero-order valence-corrected chi connectivity index (χ0v) is 11.8. The number of benzene rings is 1. The van der Waals surface area contributed by atoms with Crippen LogP contribution in [0.15, 0.2) is 18.2 Å². The Hall–Kier alpha value is -1.24. The average molecular weight is 285 g/mol. The lowest BCUT2D eigenvalue weighted by molar-refractivity contribution is -0.130. The van der Waals surface area contributed by atoms with Crippen molar-refractivity contribution in [2.75, 3.05) is 7.05 Å². The van der Waals surface area contributed by atoms with Crippen molar-refractivity contribution in [1.82, 2.24) is 4.90 Å². The maximum Gasteiger partial charge on any atom is 0.227 e. The van der Waals surface area contributed by atoms with E-state index in [0.29, 0.717) is 16.5 Å². The highest BCUT2D eigenvalue weighted by Gasteiger charge is 2.16. The van der Waals surface area contributed by atoms with Crippen LogP contribution in [0.5, 0.6) is 0 Å². The third-order valence-corrected chi connectivity index (χ3v) is 3.52. The Bertz CT molecular complexity index is 482. The van der Waals surface area contributed by atoms with Crippen LogP contribution in [0.3, 0.4) is 0 Å². The molecular formula is C13H14Cl2N2O. The number of halogens is 2. The van der Waals surface area contributed by atoms with Gasteiger partial charge in [0.25, 0.3) is 0 Å². The van der Waals surface area contributed by atoms with E-state index in [1.54, 1.807) is 30.1 Å². The Labute approximate surface area is 117 Å². The van der Waals surface area contributed by atoms with Crippen LogP contribution >= 0.6 is 23.2 Å². The van der Waals surface area contributed by atoms with Gasteiger partial charge in [-0.05, 0) is 24.6 Å². The van der Waals surface area contributed by atoms with Gasteiger partial charge in [-0.1, -0.05) is 29.3 Å². The van der Waals surface area contributed by atoms with Crippen LogP contribution in [0, 0.1) is 11.3 Å². The molecule has 1 atom stereocenters. The van der Waals surface area contributed by atoms with Crippen molar-refractivity contribution in [1.29, 1.82) is 5.26 Å². The van der Waals surface area contributed by atoms with Crippen molar-refractivity contribution in [3.63, 3.8) is 0 Å². The molecule has 3 nitrogen and oxygen atoms in total. The summed E-state index contributed by atoms with van der Waals surface area (Å²) in [4.78, 5) is 13.5. The third-order valence-electron chi connectivity index (χ3n) is 2.78. The predicted molar refractivity (Wildman–Crippen MR) is 72.6 cm³/mol. The number of nitriles is 1. The summed E-state index contributed by atoms with van der Waals surface area (Å²) in [5.41, 5.74) is 0.811. The van der Waals surface area contributed by atoms with Crippen LogP contribution in [0.4, 0.5) is 0 Å². The van der Waals surface area contributed by atoms with E-state index in [4.69, 9.17) is 28.5 Å². The van der Waals surface area contributed by atoms with Crippen molar-refractivity contribution >= 4 is 29.1 Å². The van der Waals surface area contributed by atoms with Gasteiger partial charge in [0.05, 0.1) is 29.0 Å². The average Bonchev–Trinajstić information content (AvgIpc) is 2.33. The molecule has 1 rings (SSSR count). The first-order valence-electron chi connectivity index (χ1n) is 5.52. The van der Waals surface area contributed by atoms with Gasteiger partial charge in [0.1, 0.15) is 0 Å². The third kappa shape index (κ3) is 3.90. The van der Waals surface area contributed by atoms with Crippen molar-refractivity contribution in [2.45, 2.75) is 25.8 Å². The molecule has 1 unspecified atom stereocenters. The number of hydrogen-bond donors (Lipinski definition) is 0.